The molecule has 0 spiro atoms. The van der Waals surface area contributed by atoms with E-state index in [-0.39, 0.29) is 19.3 Å². The summed E-state index contributed by atoms with van der Waals surface area (Å²) in [5.74, 6) is -3.52. The summed E-state index contributed by atoms with van der Waals surface area (Å²) < 4.78 is 4.93. The summed E-state index contributed by atoms with van der Waals surface area (Å²) in [6.07, 6.45) is 0.0164. The van der Waals surface area contributed by atoms with Crippen molar-refractivity contribution < 1.29 is 38.3 Å². The Balaban J connectivity index is 1.93. The molecule has 0 saturated carbocycles. The van der Waals surface area contributed by atoms with Crippen LogP contribution in [-0.2, 0) is 40.0 Å². The summed E-state index contributed by atoms with van der Waals surface area (Å²) in [6, 6.07) is 5.34. The van der Waals surface area contributed by atoms with Crippen LogP contribution >= 0.6 is 0 Å². The summed E-state index contributed by atoms with van der Waals surface area (Å²) in [4.78, 5) is 74.2. The zero-order chi connectivity index (χ0) is 22.3. The summed E-state index contributed by atoms with van der Waals surface area (Å²) >= 11 is 0. The van der Waals surface area contributed by atoms with Gasteiger partial charge in [-0.05, 0) is 17.7 Å². The number of benzene rings is 1. The Morgan fingerprint density at radius 1 is 1.03 bits per heavy atom. The lowest BCUT2D eigenvalue weighted by atomic mass is 10.0. The van der Waals surface area contributed by atoms with Crippen molar-refractivity contribution in [3.05, 3.63) is 29.8 Å². The molecule has 1 aromatic rings. The van der Waals surface area contributed by atoms with Gasteiger partial charge in [0.05, 0.1) is 0 Å². The molecule has 0 aliphatic carbocycles. The van der Waals surface area contributed by atoms with Gasteiger partial charge in [-0.3, -0.25) is 24.0 Å². The highest BCUT2D eigenvalue weighted by molar-refractivity contribution is 6.01. The van der Waals surface area contributed by atoms with Gasteiger partial charge in [0.25, 0.3) is 11.8 Å². The van der Waals surface area contributed by atoms with Crippen LogP contribution < -0.4 is 15.4 Å². The average Bonchev–Trinajstić information content (AvgIpc) is 2.98. The Morgan fingerprint density at radius 3 is 2.17 bits per heavy atom. The zero-order valence-corrected chi connectivity index (χ0v) is 16.4. The molecule has 30 heavy (non-hydrogen) atoms. The molecule has 1 saturated heterocycles. The molecule has 2 N–H and O–H groups in total. The largest absolute Gasteiger partial charge is 0.427 e. The number of nitrogens with zero attached hydrogens (tertiary/aromatic N) is 1. The third kappa shape index (κ3) is 6.69. The maximum absolute atomic E-state index is 12.4. The fourth-order valence-electron chi connectivity index (χ4n) is 2.62. The monoisotopic (exact) mass is 419 g/mol. The van der Waals surface area contributed by atoms with Crippen molar-refractivity contribution in [2.45, 2.75) is 39.2 Å². The van der Waals surface area contributed by atoms with Crippen LogP contribution in [0.1, 0.15) is 32.3 Å². The average molecular weight is 419 g/mol. The van der Waals surface area contributed by atoms with Crippen LogP contribution in [0.15, 0.2) is 24.3 Å². The number of rotatable bonds is 8. The maximum Gasteiger partial charge on any atom is 0.352 e. The molecule has 0 unspecified atom stereocenters. The van der Waals surface area contributed by atoms with E-state index in [1.165, 1.54) is 13.8 Å². The van der Waals surface area contributed by atoms with E-state index in [9.17, 15) is 28.8 Å². The lowest BCUT2D eigenvalue weighted by Crippen LogP contribution is -2.49. The second-order valence-electron chi connectivity index (χ2n) is 6.46. The van der Waals surface area contributed by atoms with Crippen molar-refractivity contribution in [1.29, 1.82) is 0 Å². The van der Waals surface area contributed by atoms with Crippen LogP contribution in [0.2, 0.25) is 0 Å². The fourth-order valence-corrected chi connectivity index (χ4v) is 2.62. The minimum atomic E-state index is -1.00. The van der Waals surface area contributed by atoms with Gasteiger partial charge < -0.3 is 20.2 Å². The Kier molecular flexibility index (Phi) is 7.62. The van der Waals surface area contributed by atoms with E-state index in [1.54, 1.807) is 24.3 Å². The van der Waals surface area contributed by atoms with E-state index >= 15 is 0 Å². The smallest absolute Gasteiger partial charge is 0.352 e. The lowest BCUT2D eigenvalue weighted by molar-refractivity contribution is -0.196. The number of esters is 1. The van der Waals surface area contributed by atoms with E-state index in [1.807, 2.05) is 0 Å². The lowest BCUT2D eigenvalue weighted by Gasteiger charge is -2.18. The number of hydrogen-bond acceptors (Lipinski definition) is 8. The van der Waals surface area contributed by atoms with Gasteiger partial charge >= 0.3 is 11.9 Å². The number of hydroxylamine groups is 2. The minimum Gasteiger partial charge on any atom is -0.427 e. The predicted molar refractivity (Wildman–Crippen MR) is 99.2 cm³/mol. The third-order valence-electron chi connectivity index (χ3n) is 3.92. The molecular weight excluding hydrogens is 398 g/mol. The first-order chi connectivity index (χ1) is 14.2. The van der Waals surface area contributed by atoms with Gasteiger partial charge in [0.2, 0.25) is 11.8 Å². The van der Waals surface area contributed by atoms with Crippen LogP contribution in [0.3, 0.4) is 0 Å². The summed E-state index contributed by atoms with van der Waals surface area (Å²) in [5, 5.41) is 5.16. The molecule has 1 atom stereocenters. The Labute approximate surface area is 171 Å². The SMILES string of the molecule is CC(=O)N[C@@H](Cc1ccc(OC(C)=O)cc1)C(=O)NCC(=O)ON1C(=O)CCC1=O. The summed E-state index contributed by atoms with van der Waals surface area (Å²) in [7, 11) is 0. The third-order valence-corrected chi connectivity index (χ3v) is 3.92. The van der Waals surface area contributed by atoms with Crippen LogP contribution in [-0.4, -0.2) is 53.2 Å². The molecule has 0 aromatic heterocycles. The van der Waals surface area contributed by atoms with Crippen molar-refractivity contribution in [1.82, 2.24) is 15.7 Å². The maximum atomic E-state index is 12.4. The molecule has 1 heterocycles. The number of carbonyl (C=O) groups excluding carboxylic acids is 6. The Hall–Kier alpha value is -3.76. The van der Waals surface area contributed by atoms with E-state index in [2.05, 4.69) is 15.5 Å². The van der Waals surface area contributed by atoms with E-state index in [0.717, 1.165) is 0 Å². The molecule has 0 radical (unpaired) electrons. The van der Waals surface area contributed by atoms with Crippen molar-refractivity contribution in [3.8, 4) is 5.75 Å². The minimum absolute atomic E-state index is 0.0423. The fraction of sp³-hybridized carbons (Fsp3) is 0.368. The Bertz CT molecular complexity index is 849. The van der Waals surface area contributed by atoms with Crippen LogP contribution in [0.25, 0.3) is 0 Å². The van der Waals surface area contributed by atoms with E-state index < -0.39 is 48.2 Å². The molecule has 11 heteroatoms. The van der Waals surface area contributed by atoms with Gasteiger partial charge in [-0.2, -0.15) is 0 Å². The number of carbonyl (C=O) groups is 6. The highest BCUT2D eigenvalue weighted by Gasteiger charge is 2.33. The van der Waals surface area contributed by atoms with Crippen LogP contribution in [0, 0.1) is 0 Å². The van der Waals surface area contributed by atoms with Crippen molar-refractivity contribution in [2.75, 3.05) is 6.54 Å². The molecule has 11 nitrogen and oxygen atoms in total. The molecule has 2 rings (SSSR count). The second kappa shape index (κ2) is 10.1. The van der Waals surface area contributed by atoms with Gasteiger partial charge in [-0.1, -0.05) is 12.1 Å². The van der Waals surface area contributed by atoms with E-state index in [0.29, 0.717) is 16.4 Å². The predicted octanol–water partition coefficient (Wildman–Crippen LogP) is -0.617. The van der Waals surface area contributed by atoms with Crippen molar-refractivity contribution in [3.63, 3.8) is 0 Å². The molecule has 1 aliphatic rings. The quantitative estimate of drug-likeness (QED) is 0.322. The molecule has 160 valence electrons. The molecule has 1 aliphatic heterocycles. The normalized spacial score (nSPS) is 14.1. The van der Waals surface area contributed by atoms with Gasteiger partial charge in [-0.15, -0.1) is 5.06 Å². The number of ether oxygens (including phenoxy) is 1. The number of hydrogen-bond donors (Lipinski definition) is 2. The molecule has 4 amide bonds. The van der Waals surface area contributed by atoms with Crippen molar-refractivity contribution in [2.24, 2.45) is 0 Å². The molecular formula is C19H21N3O8. The van der Waals surface area contributed by atoms with Crippen molar-refractivity contribution >= 4 is 35.6 Å². The molecule has 1 aromatic carbocycles. The first-order valence-electron chi connectivity index (χ1n) is 9.04. The van der Waals surface area contributed by atoms with Crippen LogP contribution in [0.5, 0.6) is 5.75 Å². The number of amides is 4. The van der Waals surface area contributed by atoms with Gasteiger partial charge in [-0.25, -0.2) is 4.79 Å². The van der Waals surface area contributed by atoms with Gasteiger partial charge in [0.15, 0.2) is 0 Å². The van der Waals surface area contributed by atoms with Gasteiger partial charge in [0, 0.05) is 33.1 Å². The Morgan fingerprint density at radius 2 is 1.63 bits per heavy atom. The zero-order valence-electron chi connectivity index (χ0n) is 16.4. The highest BCUT2D eigenvalue weighted by Crippen LogP contribution is 2.14. The summed E-state index contributed by atoms with van der Waals surface area (Å²) in [6.45, 7) is 1.91. The second-order valence-corrected chi connectivity index (χ2v) is 6.46. The standard InChI is InChI=1S/C19H21N3O8/c1-11(23)21-15(9-13-3-5-14(6-4-13)29-12(2)24)19(28)20-10-18(27)30-22-16(25)7-8-17(22)26/h3-6,15H,7-10H2,1-2H3,(H,20,28)(H,21,23)/t15-/m0/s1. The summed E-state index contributed by atoms with van der Waals surface area (Å²) in [5.41, 5.74) is 0.663. The first-order valence-corrected chi connectivity index (χ1v) is 9.04. The van der Waals surface area contributed by atoms with Gasteiger partial charge in [0.1, 0.15) is 18.3 Å². The molecule has 0 bridgehead atoms. The number of nitrogens with one attached hydrogen (secondary N) is 2. The molecule has 1 fully saturated rings. The topological polar surface area (TPSA) is 148 Å². The number of imide groups is 1. The van der Waals surface area contributed by atoms with Crippen LogP contribution in [0.4, 0.5) is 0 Å². The highest BCUT2D eigenvalue weighted by atomic mass is 16.7. The first kappa shape index (κ1) is 22.5. The van der Waals surface area contributed by atoms with E-state index in [4.69, 9.17) is 4.74 Å².